The molecule has 64 valence electrons. The van der Waals surface area contributed by atoms with E-state index in [4.69, 9.17) is 12.2 Å². The molecule has 0 aliphatic carbocycles. The lowest BCUT2D eigenvalue weighted by atomic mass is 10.2. The first-order valence-corrected chi connectivity index (χ1v) is 4.12. The molecule has 2 nitrogen and oxygen atoms in total. The van der Waals surface area contributed by atoms with Crippen LogP contribution in [0.3, 0.4) is 0 Å². The van der Waals surface area contributed by atoms with Crippen molar-refractivity contribution >= 4 is 0 Å². The van der Waals surface area contributed by atoms with Gasteiger partial charge < -0.3 is 5.73 Å². The lowest BCUT2D eigenvalue weighted by Gasteiger charge is -2.21. The molecule has 11 heavy (non-hydrogen) atoms. The molecule has 0 radical (unpaired) electrons. The molecule has 0 fully saturated rings. The SMILES string of the molecule is C#CC(CC)N(C)CCCN. The summed E-state index contributed by atoms with van der Waals surface area (Å²) in [4.78, 5) is 2.17. The van der Waals surface area contributed by atoms with Crippen LogP contribution < -0.4 is 5.73 Å². The highest BCUT2D eigenvalue weighted by atomic mass is 15.1. The van der Waals surface area contributed by atoms with Crippen molar-refractivity contribution in [1.29, 1.82) is 0 Å². The number of hydrogen-bond donors (Lipinski definition) is 1. The lowest BCUT2D eigenvalue weighted by Crippen LogP contribution is -2.31. The Labute approximate surface area is 69.8 Å². The van der Waals surface area contributed by atoms with Gasteiger partial charge >= 0.3 is 0 Å². The third kappa shape index (κ3) is 4.02. The summed E-state index contributed by atoms with van der Waals surface area (Å²) in [5.74, 6) is 2.75. The predicted octanol–water partition coefficient (Wildman–Crippen LogP) is 0.679. The molecule has 1 atom stereocenters. The van der Waals surface area contributed by atoms with E-state index in [-0.39, 0.29) is 6.04 Å². The molecule has 0 heterocycles. The summed E-state index contributed by atoms with van der Waals surface area (Å²) in [5, 5.41) is 0. The average Bonchev–Trinajstić information content (AvgIpc) is 2.03. The van der Waals surface area contributed by atoms with E-state index in [1.165, 1.54) is 0 Å². The summed E-state index contributed by atoms with van der Waals surface area (Å²) in [7, 11) is 2.05. The van der Waals surface area contributed by atoms with Crippen LogP contribution in [0.1, 0.15) is 19.8 Å². The Hall–Kier alpha value is -0.520. The van der Waals surface area contributed by atoms with Gasteiger partial charge in [0.05, 0.1) is 6.04 Å². The van der Waals surface area contributed by atoms with Gasteiger partial charge in [0.2, 0.25) is 0 Å². The minimum Gasteiger partial charge on any atom is -0.330 e. The van der Waals surface area contributed by atoms with Crippen molar-refractivity contribution in [2.75, 3.05) is 20.1 Å². The molecule has 0 saturated heterocycles. The molecule has 0 spiro atoms. The Bertz CT molecular complexity index is 126. The fraction of sp³-hybridized carbons (Fsp3) is 0.778. The van der Waals surface area contributed by atoms with Crippen LogP contribution >= 0.6 is 0 Å². The van der Waals surface area contributed by atoms with Crippen LogP contribution in [0, 0.1) is 12.3 Å². The van der Waals surface area contributed by atoms with Crippen LogP contribution in [0.4, 0.5) is 0 Å². The van der Waals surface area contributed by atoms with Crippen LogP contribution in [-0.4, -0.2) is 31.1 Å². The van der Waals surface area contributed by atoms with E-state index < -0.39 is 0 Å². The maximum Gasteiger partial charge on any atom is 0.0706 e. The predicted molar refractivity (Wildman–Crippen MR) is 49.2 cm³/mol. The van der Waals surface area contributed by atoms with Crippen LogP contribution in [0.15, 0.2) is 0 Å². The maximum absolute atomic E-state index is 5.38. The van der Waals surface area contributed by atoms with Gasteiger partial charge in [0.25, 0.3) is 0 Å². The van der Waals surface area contributed by atoms with E-state index >= 15 is 0 Å². The van der Waals surface area contributed by atoms with Gasteiger partial charge in [-0.25, -0.2) is 0 Å². The van der Waals surface area contributed by atoms with Crippen molar-refractivity contribution in [3.8, 4) is 12.3 Å². The minimum atomic E-state index is 0.279. The molecule has 0 bridgehead atoms. The van der Waals surface area contributed by atoms with Crippen LogP contribution in [-0.2, 0) is 0 Å². The van der Waals surface area contributed by atoms with E-state index in [1.54, 1.807) is 0 Å². The first kappa shape index (κ1) is 10.5. The van der Waals surface area contributed by atoms with Crippen LogP contribution in [0.25, 0.3) is 0 Å². The van der Waals surface area contributed by atoms with Gasteiger partial charge in [0.1, 0.15) is 0 Å². The zero-order valence-electron chi connectivity index (χ0n) is 7.51. The number of terminal acetylenes is 1. The molecule has 0 aromatic heterocycles. The summed E-state index contributed by atoms with van der Waals surface area (Å²) in [6.45, 7) is 3.84. The maximum atomic E-state index is 5.38. The summed E-state index contributed by atoms with van der Waals surface area (Å²) in [6.07, 6.45) is 7.37. The first-order chi connectivity index (χ1) is 5.26. The number of rotatable bonds is 5. The molecular weight excluding hydrogens is 136 g/mol. The summed E-state index contributed by atoms with van der Waals surface area (Å²) in [5.41, 5.74) is 5.38. The molecular formula is C9H18N2. The highest BCUT2D eigenvalue weighted by Gasteiger charge is 2.07. The molecule has 1 unspecified atom stereocenters. The number of hydrogen-bond acceptors (Lipinski definition) is 2. The van der Waals surface area contributed by atoms with Crippen molar-refractivity contribution in [2.24, 2.45) is 5.73 Å². The lowest BCUT2D eigenvalue weighted by molar-refractivity contribution is 0.282. The van der Waals surface area contributed by atoms with E-state index in [0.717, 1.165) is 25.9 Å². The highest BCUT2D eigenvalue weighted by molar-refractivity contribution is 4.98. The largest absolute Gasteiger partial charge is 0.330 e. The fourth-order valence-corrected chi connectivity index (χ4v) is 1.05. The standard InChI is InChI=1S/C9H18N2/c1-4-9(5-2)11(3)8-6-7-10/h1,9H,5-8,10H2,2-3H3. The number of nitrogens with zero attached hydrogens (tertiary/aromatic N) is 1. The summed E-state index contributed by atoms with van der Waals surface area (Å²) < 4.78 is 0. The molecule has 2 N–H and O–H groups in total. The van der Waals surface area contributed by atoms with Crippen molar-refractivity contribution < 1.29 is 0 Å². The van der Waals surface area contributed by atoms with Crippen molar-refractivity contribution in [3.05, 3.63) is 0 Å². The molecule has 0 aliphatic heterocycles. The normalized spacial score (nSPS) is 13.0. The Balaban J connectivity index is 3.62. The first-order valence-electron chi connectivity index (χ1n) is 4.12. The molecule has 0 aromatic rings. The Morgan fingerprint density at radius 3 is 2.64 bits per heavy atom. The van der Waals surface area contributed by atoms with Crippen LogP contribution in [0.5, 0.6) is 0 Å². The van der Waals surface area contributed by atoms with E-state index in [0.29, 0.717) is 0 Å². The molecule has 0 aromatic carbocycles. The quantitative estimate of drug-likeness (QED) is 0.590. The van der Waals surface area contributed by atoms with Gasteiger partial charge in [-0.3, -0.25) is 4.90 Å². The van der Waals surface area contributed by atoms with E-state index in [9.17, 15) is 0 Å². The zero-order valence-corrected chi connectivity index (χ0v) is 7.51. The Morgan fingerprint density at radius 1 is 1.64 bits per heavy atom. The van der Waals surface area contributed by atoms with Gasteiger partial charge in [-0.2, -0.15) is 0 Å². The Morgan fingerprint density at radius 2 is 2.27 bits per heavy atom. The van der Waals surface area contributed by atoms with Crippen molar-refractivity contribution in [3.63, 3.8) is 0 Å². The van der Waals surface area contributed by atoms with Crippen molar-refractivity contribution in [2.45, 2.75) is 25.8 Å². The second kappa shape index (κ2) is 6.21. The average molecular weight is 154 g/mol. The third-order valence-corrected chi connectivity index (χ3v) is 1.83. The second-order valence-corrected chi connectivity index (χ2v) is 2.71. The van der Waals surface area contributed by atoms with Gasteiger partial charge in [-0.05, 0) is 26.4 Å². The highest BCUT2D eigenvalue weighted by Crippen LogP contribution is 1.99. The summed E-state index contributed by atoms with van der Waals surface area (Å²) in [6, 6.07) is 0.279. The van der Waals surface area contributed by atoms with Gasteiger partial charge in [-0.1, -0.05) is 12.8 Å². The second-order valence-electron chi connectivity index (χ2n) is 2.71. The molecule has 0 amide bonds. The number of nitrogens with two attached hydrogens (primary N) is 1. The topological polar surface area (TPSA) is 29.3 Å². The zero-order chi connectivity index (χ0) is 8.69. The third-order valence-electron chi connectivity index (χ3n) is 1.83. The van der Waals surface area contributed by atoms with Crippen LogP contribution in [0.2, 0.25) is 0 Å². The minimum absolute atomic E-state index is 0.279. The van der Waals surface area contributed by atoms with E-state index in [1.807, 2.05) is 7.05 Å². The monoisotopic (exact) mass is 154 g/mol. The molecule has 0 saturated carbocycles. The smallest absolute Gasteiger partial charge is 0.0706 e. The van der Waals surface area contributed by atoms with E-state index in [2.05, 4.69) is 17.7 Å². The molecule has 2 heteroatoms. The van der Waals surface area contributed by atoms with Gasteiger partial charge in [0.15, 0.2) is 0 Å². The van der Waals surface area contributed by atoms with Gasteiger partial charge in [0, 0.05) is 6.54 Å². The fourth-order valence-electron chi connectivity index (χ4n) is 1.05. The van der Waals surface area contributed by atoms with Crippen molar-refractivity contribution in [1.82, 2.24) is 4.90 Å². The summed E-state index contributed by atoms with van der Waals surface area (Å²) >= 11 is 0. The molecule has 0 rings (SSSR count). The molecule has 0 aliphatic rings. The Kier molecular flexibility index (Phi) is 5.91. The van der Waals surface area contributed by atoms with Gasteiger partial charge in [-0.15, -0.1) is 6.42 Å².